The molecule has 4 heterocycles. The zero-order valence-electron chi connectivity index (χ0n) is 26.3. The molecule has 0 radical (unpaired) electrons. The second-order valence-electron chi connectivity index (χ2n) is 13.4. The van der Waals surface area contributed by atoms with Crippen LogP contribution in [0, 0.1) is 17.0 Å². The molecule has 2 amide bonds. The number of anilines is 2. The summed E-state index contributed by atoms with van der Waals surface area (Å²) in [5.41, 5.74) is -0.445. The lowest BCUT2D eigenvalue weighted by Gasteiger charge is -2.25. The van der Waals surface area contributed by atoms with Crippen LogP contribution in [0.1, 0.15) is 56.6 Å². The van der Waals surface area contributed by atoms with E-state index in [1.54, 1.807) is 12.3 Å². The van der Waals surface area contributed by atoms with Gasteiger partial charge < -0.3 is 25.0 Å². The Kier molecular flexibility index (Phi) is 7.49. The molecule has 3 aliphatic rings. The molecule has 47 heavy (non-hydrogen) atoms. The summed E-state index contributed by atoms with van der Waals surface area (Å²) in [6.07, 6.45) is 3.97. The minimum absolute atomic E-state index is 0.0692. The molecule has 3 fully saturated rings. The number of nitrogens with zero attached hydrogens (tertiary/aromatic N) is 5. The maximum absolute atomic E-state index is 14.5. The van der Waals surface area contributed by atoms with Crippen molar-refractivity contribution in [2.45, 2.75) is 57.7 Å². The molecule has 12 nitrogen and oxygen atoms in total. The van der Waals surface area contributed by atoms with Crippen LogP contribution >= 0.6 is 0 Å². The van der Waals surface area contributed by atoms with Crippen LogP contribution in [0.2, 0.25) is 0 Å². The Morgan fingerprint density at radius 3 is 2.51 bits per heavy atom. The third-order valence-electron chi connectivity index (χ3n) is 8.98. The number of aromatic nitrogens is 4. The molecule has 2 aromatic heterocycles. The Labute approximate surface area is 268 Å². The topological polar surface area (TPSA) is 133 Å². The molecule has 0 unspecified atom stereocenters. The fourth-order valence-corrected chi connectivity index (χ4v) is 6.58. The monoisotopic (exact) mass is 647 g/mol. The van der Waals surface area contributed by atoms with Crippen molar-refractivity contribution in [2.75, 3.05) is 36.5 Å². The quantitative estimate of drug-likeness (QED) is 0.311. The number of alkyl carbamates (subject to hydrolysis) is 1. The van der Waals surface area contributed by atoms with E-state index < -0.39 is 40.5 Å². The Balaban J connectivity index is 1.24. The summed E-state index contributed by atoms with van der Waals surface area (Å²) in [5, 5.41) is 15.5. The van der Waals surface area contributed by atoms with Gasteiger partial charge in [0.05, 0.1) is 41.8 Å². The van der Waals surface area contributed by atoms with Gasteiger partial charge in [0.2, 0.25) is 0 Å². The Hall–Kier alpha value is -4.85. The van der Waals surface area contributed by atoms with Crippen LogP contribution in [-0.4, -0.2) is 69.5 Å². The lowest BCUT2D eigenvalue weighted by atomic mass is 10.0. The first-order chi connectivity index (χ1) is 22.4. The van der Waals surface area contributed by atoms with Gasteiger partial charge in [0, 0.05) is 36.6 Å². The van der Waals surface area contributed by atoms with Gasteiger partial charge in [0.1, 0.15) is 17.0 Å². The van der Waals surface area contributed by atoms with E-state index in [1.807, 2.05) is 31.5 Å². The number of hydrogen-bond donors (Lipinski definition) is 2. The first-order valence-corrected chi connectivity index (χ1v) is 15.6. The molecular weight excluding hydrogens is 612 g/mol. The molecule has 246 valence electrons. The van der Waals surface area contributed by atoms with Gasteiger partial charge in [-0.15, -0.1) is 0 Å². The van der Waals surface area contributed by atoms with E-state index in [0.29, 0.717) is 42.4 Å². The maximum Gasteiger partial charge on any atom is 0.407 e. The lowest BCUT2D eigenvalue weighted by Crippen LogP contribution is -2.44. The van der Waals surface area contributed by atoms with Gasteiger partial charge in [0.25, 0.3) is 11.5 Å². The van der Waals surface area contributed by atoms with Crippen molar-refractivity contribution >= 4 is 34.3 Å². The number of carbonyl (C=O) groups is 2. The van der Waals surface area contributed by atoms with E-state index >= 15 is 0 Å². The van der Waals surface area contributed by atoms with Crippen molar-refractivity contribution in [2.24, 2.45) is 5.41 Å². The van der Waals surface area contributed by atoms with Crippen LogP contribution < -0.4 is 21.1 Å². The molecule has 4 aromatic rings. The third-order valence-corrected chi connectivity index (χ3v) is 8.98. The van der Waals surface area contributed by atoms with Gasteiger partial charge in [-0.2, -0.15) is 14.9 Å². The van der Waals surface area contributed by atoms with E-state index in [1.165, 1.54) is 12.1 Å². The van der Waals surface area contributed by atoms with Crippen LogP contribution in [0.4, 0.5) is 25.0 Å². The highest BCUT2D eigenvalue weighted by atomic mass is 19.1. The summed E-state index contributed by atoms with van der Waals surface area (Å²) in [7, 11) is 0. The summed E-state index contributed by atoms with van der Waals surface area (Å²) in [5.74, 6) is -2.67. The molecule has 14 heteroatoms. The molecule has 2 aromatic carbocycles. The van der Waals surface area contributed by atoms with Crippen LogP contribution in [0.15, 0.2) is 53.5 Å². The summed E-state index contributed by atoms with van der Waals surface area (Å²) >= 11 is 0. The summed E-state index contributed by atoms with van der Waals surface area (Å²) < 4.78 is 42.7. The van der Waals surface area contributed by atoms with Crippen LogP contribution in [0.25, 0.3) is 16.6 Å². The largest absolute Gasteiger partial charge is 0.444 e. The number of benzene rings is 2. The molecule has 2 atom stereocenters. The minimum atomic E-state index is -0.993. The van der Waals surface area contributed by atoms with Crippen molar-refractivity contribution < 1.29 is 27.8 Å². The molecule has 1 spiro atoms. The van der Waals surface area contributed by atoms with E-state index in [-0.39, 0.29) is 23.2 Å². The van der Waals surface area contributed by atoms with Gasteiger partial charge in [-0.25, -0.2) is 13.6 Å². The second-order valence-corrected chi connectivity index (χ2v) is 13.4. The molecule has 0 bridgehead atoms. The van der Waals surface area contributed by atoms with Crippen molar-refractivity contribution in [3.63, 3.8) is 0 Å². The Bertz CT molecular complexity index is 1920. The van der Waals surface area contributed by atoms with Crippen LogP contribution in [0.5, 0.6) is 0 Å². The van der Waals surface area contributed by atoms with Gasteiger partial charge in [-0.3, -0.25) is 14.3 Å². The fourth-order valence-electron chi connectivity index (χ4n) is 6.58. The highest BCUT2D eigenvalue weighted by Gasteiger charge is 2.56. The molecule has 1 saturated carbocycles. The highest BCUT2D eigenvalue weighted by Crippen LogP contribution is 2.55. The number of hydrogen-bond acceptors (Lipinski definition) is 8. The van der Waals surface area contributed by atoms with E-state index in [2.05, 4.69) is 20.6 Å². The molecule has 2 saturated heterocycles. The average Bonchev–Trinajstić information content (AvgIpc) is 3.31. The van der Waals surface area contributed by atoms with E-state index in [0.717, 1.165) is 48.4 Å². The van der Waals surface area contributed by atoms with Gasteiger partial charge >= 0.3 is 6.09 Å². The Morgan fingerprint density at radius 1 is 1.06 bits per heavy atom. The zero-order chi connectivity index (χ0) is 33.1. The normalized spacial score (nSPS) is 20.1. The number of para-hydroxylation sites is 1. The predicted molar refractivity (Wildman–Crippen MR) is 169 cm³/mol. The highest BCUT2D eigenvalue weighted by molar-refractivity contribution is 6.09. The molecule has 1 aliphatic carbocycles. The van der Waals surface area contributed by atoms with E-state index in [9.17, 15) is 23.2 Å². The lowest BCUT2D eigenvalue weighted by molar-refractivity contribution is 0.0493. The first-order valence-electron chi connectivity index (χ1n) is 15.6. The average molecular weight is 648 g/mol. The molecule has 2 aliphatic heterocycles. The van der Waals surface area contributed by atoms with Crippen molar-refractivity contribution in [1.82, 2.24) is 24.9 Å². The molecule has 2 N–H and O–H groups in total. The van der Waals surface area contributed by atoms with Crippen molar-refractivity contribution in [1.29, 1.82) is 0 Å². The molecule has 7 rings (SSSR count). The summed E-state index contributed by atoms with van der Waals surface area (Å²) in [6.45, 7) is 7.73. The summed E-state index contributed by atoms with van der Waals surface area (Å²) in [4.78, 5) is 41.2. The standard InChI is InChI=1S/C33H35F2N7O5/c1-32(2,3)47-31(45)38-26-16-40(18-33(26)12-13-33)28-20-15-36-41(19-11-14-46-17-19)25(20)9-7-23(28)37-30(44)24-8-10-27(43)42(39-24)29-21(34)5-4-6-22(29)35/h4-10,15,19,26H,11-14,16-18H2,1-3H3,(H,37,44)(H,38,45)/t19-,26-/m0/s1. The molecular formula is C33H35F2N7O5. The van der Waals surface area contributed by atoms with Crippen LogP contribution in [0.3, 0.4) is 0 Å². The smallest absolute Gasteiger partial charge is 0.407 e. The van der Waals surface area contributed by atoms with Crippen molar-refractivity contribution in [3.8, 4) is 5.69 Å². The van der Waals surface area contributed by atoms with E-state index in [4.69, 9.17) is 14.6 Å². The van der Waals surface area contributed by atoms with Crippen molar-refractivity contribution in [3.05, 3.63) is 76.3 Å². The van der Waals surface area contributed by atoms with Gasteiger partial charge in [-0.1, -0.05) is 6.07 Å². The minimum Gasteiger partial charge on any atom is -0.444 e. The number of ether oxygens (including phenoxy) is 2. The summed E-state index contributed by atoms with van der Waals surface area (Å²) in [6, 6.07) is 8.97. The third kappa shape index (κ3) is 5.81. The van der Waals surface area contributed by atoms with Gasteiger partial charge in [0.15, 0.2) is 11.6 Å². The number of nitrogens with one attached hydrogen (secondary N) is 2. The number of carbonyl (C=O) groups excluding carboxylic acids is 2. The Morgan fingerprint density at radius 2 is 1.83 bits per heavy atom. The first kappa shape index (κ1) is 30.8. The maximum atomic E-state index is 14.5. The number of fused-ring (bicyclic) bond motifs is 1. The number of amides is 2. The fraction of sp³-hybridized carbons (Fsp3) is 0.424. The number of rotatable bonds is 6. The van der Waals surface area contributed by atoms with Crippen LogP contribution in [-0.2, 0) is 9.47 Å². The zero-order valence-corrected chi connectivity index (χ0v) is 26.3. The second kappa shape index (κ2) is 11.4. The SMILES string of the molecule is CC(C)(C)OC(=O)N[C@H]1CN(c2c(NC(=O)c3ccc(=O)n(-c4c(F)cccc4F)n3)ccc3c2cnn3[C@H]2CCOC2)CC12CC2. The predicted octanol–water partition coefficient (Wildman–Crippen LogP) is 4.57. The number of halogens is 2. The van der Waals surface area contributed by atoms with Gasteiger partial charge in [-0.05, 0) is 70.4 Å².